The van der Waals surface area contributed by atoms with Crippen LogP contribution in [-0.2, 0) is 23.9 Å². The van der Waals surface area contributed by atoms with Gasteiger partial charge in [0, 0.05) is 23.8 Å². The molecule has 0 fully saturated rings. The van der Waals surface area contributed by atoms with E-state index in [4.69, 9.17) is 19.2 Å². The Labute approximate surface area is 199 Å². The van der Waals surface area contributed by atoms with E-state index in [1.54, 1.807) is 19.1 Å². The molecule has 7 heteroatoms. The zero-order valence-electron chi connectivity index (χ0n) is 19.9. The molecule has 1 aliphatic rings. The summed E-state index contributed by atoms with van der Waals surface area (Å²) >= 11 is 0. The highest BCUT2D eigenvalue weighted by molar-refractivity contribution is 5.96. The quantitative estimate of drug-likeness (QED) is 0.263. The van der Waals surface area contributed by atoms with Crippen LogP contribution in [0.3, 0.4) is 0 Å². The molecule has 3 atom stereocenters. The molecular weight excluding hydrogens is 434 g/mol. The summed E-state index contributed by atoms with van der Waals surface area (Å²) in [5.41, 5.74) is 1.55. The number of fused-ring (bicyclic) bond motifs is 1. The molecule has 0 saturated carbocycles. The van der Waals surface area contributed by atoms with Gasteiger partial charge in [0.05, 0.1) is 30.4 Å². The number of nitrogens with zero attached hydrogens (tertiary/aromatic N) is 1. The van der Waals surface area contributed by atoms with Gasteiger partial charge in [0.2, 0.25) is 0 Å². The molecule has 2 aromatic rings. The normalized spacial score (nSPS) is 18.3. The fourth-order valence-corrected chi connectivity index (χ4v) is 3.81. The number of esters is 1. The summed E-state index contributed by atoms with van der Waals surface area (Å²) in [7, 11) is 0. The van der Waals surface area contributed by atoms with Crippen LogP contribution in [0.1, 0.15) is 38.8 Å². The van der Waals surface area contributed by atoms with Crippen LogP contribution in [0.4, 0.5) is 0 Å². The number of ketones is 1. The number of carbonyl (C=O) groups excluding carboxylic acids is 3. The lowest BCUT2D eigenvalue weighted by Crippen LogP contribution is -2.29. The lowest BCUT2D eigenvalue weighted by Gasteiger charge is -2.23. The molecule has 0 N–H and O–H groups in total. The van der Waals surface area contributed by atoms with E-state index in [2.05, 4.69) is 0 Å². The maximum atomic E-state index is 13.3. The van der Waals surface area contributed by atoms with E-state index in [0.717, 1.165) is 5.39 Å². The number of aldehydes is 1. The van der Waals surface area contributed by atoms with E-state index in [9.17, 15) is 14.4 Å². The van der Waals surface area contributed by atoms with Crippen LogP contribution in [0.15, 0.2) is 54.1 Å². The number of hydrogen-bond donors (Lipinski definition) is 0. The average molecular weight is 466 g/mol. The molecule has 180 valence electrons. The molecule has 7 nitrogen and oxygen atoms in total. The predicted molar refractivity (Wildman–Crippen MR) is 129 cm³/mol. The van der Waals surface area contributed by atoms with E-state index in [0.29, 0.717) is 61.7 Å². The predicted octanol–water partition coefficient (Wildman–Crippen LogP) is 4.20. The number of pyridine rings is 1. The lowest BCUT2D eigenvalue weighted by atomic mass is 9.79. The number of hydrogen-bond acceptors (Lipinski definition) is 7. The van der Waals surface area contributed by atoms with Gasteiger partial charge in [0.1, 0.15) is 29.9 Å². The third-order valence-electron chi connectivity index (χ3n) is 5.69. The molecule has 0 aliphatic heterocycles. The second-order valence-corrected chi connectivity index (χ2v) is 8.09. The van der Waals surface area contributed by atoms with E-state index in [1.807, 2.05) is 44.2 Å². The van der Waals surface area contributed by atoms with Crippen LogP contribution in [0.2, 0.25) is 0 Å². The molecule has 3 rings (SSSR count). The van der Waals surface area contributed by atoms with Crippen LogP contribution >= 0.6 is 0 Å². The number of carbonyl (C=O) groups is 3. The molecule has 1 aromatic heterocycles. The Hall–Kier alpha value is -3.32. The minimum absolute atomic E-state index is 0.146. The smallest absolute Gasteiger partial charge is 0.337 e. The van der Waals surface area contributed by atoms with Crippen LogP contribution in [0, 0.1) is 11.8 Å². The van der Waals surface area contributed by atoms with E-state index in [-0.39, 0.29) is 5.78 Å². The van der Waals surface area contributed by atoms with Crippen LogP contribution < -0.4 is 4.74 Å². The number of ether oxygens (including phenoxy) is 3. The van der Waals surface area contributed by atoms with Crippen molar-refractivity contribution in [2.24, 2.45) is 11.8 Å². The minimum Gasteiger partial charge on any atom is -0.489 e. The van der Waals surface area contributed by atoms with Gasteiger partial charge in [-0.25, -0.2) is 9.78 Å². The van der Waals surface area contributed by atoms with Gasteiger partial charge in [0.15, 0.2) is 0 Å². The first kappa shape index (κ1) is 25.3. The van der Waals surface area contributed by atoms with Crippen LogP contribution in [0.25, 0.3) is 10.9 Å². The van der Waals surface area contributed by atoms with Crippen molar-refractivity contribution in [2.45, 2.75) is 33.1 Å². The number of Topliss-reactive ketones (excluding diaryl/α,β-unsaturated/α-hetero) is 1. The number of benzene rings is 1. The van der Waals surface area contributed by atoms with Gasteiger partial charge in [0.25, 0.3) is 0 Å². The van der Waals surface area contributed by atoms with E-state index in [1.165, 1.54) is 6.08 Å². The number of rotatable bonds is 12. The zero-order chi connectivity index (χ0) is 24.5. The van der Waals surface area contributed by atoms with Crippen LogP contribution in [0.5, 0.6) is 5.75 Å². The van der Waals surface area contributed by atoms with Gasteiger partial charge >= 0.3 is 5.97 Å². The van der Waals surface area contributed by atoms with Gasteiger partial charge in [-0.15, -0.1) is 0 Å². The monoisotopic (exact) mass is 465 g/mol. The van der Waals surface area contributed by atoms with E-state index >= 15 is 0 Å². The van der Waals surface area contributed by atoms with Gasteiger partial charge in [-0.05, 0) is 32.4 Å². The Balaban J connectivity index is 1.79. The standard InChI is InChI=1S/C27H31NO6/c1-4-13-34-27(31)20-9-11-22(21(16-20)17-29)26(30)18(3)23-12-10-19-7-6-8-24(25(19)28-23)33-15-14-32-5-2/h6-12,16-18,21-22H,4-5,13-15H2,1-3H3. The highest BCUT2D eigenvalue weighted by atomic mass is 16.5. The maximum Gasteiger partial charge on any atom is 0.337 e. The summed E-state index contributed by atoms with van der Waals surface area (Å²) in [6.45, 7) is 7.41. The topological polar surface area (TPSA) is 91.8 Å². The first-order valence-electron chi connectivity index (χ1n) is 11.7. The van der Waals surface area contributed by atoms with Gasteiger partial charge in [-0.1, -0.05) is 43.4 Å². The highest BCUT2D eigenvalue weighted by Crippen LogP contribution is 2.31. The third kappa shape index (κ3) is 5.97. The van der Waals surface area contributed by atoms with Crippen molar-refractivity contribution in [3.8, 4) is 5.75 Å². The van der Waals surface area contributed by atoms with Crippen molar-refractivity contribution in [1.29, 1.82) is 0 Å². The van der Waals surface area contributed by atoms with Gasteiger partial charge < -0.3 is 19.0 Å². The Morgan fingerprint density at radius 3 is 2.68 bits per heavy atom. The summed E-state index contributed by atoms with van der Waals surface area (Å²) < 4.78 is 16.3. The molecule has 0 bridgehead atoms. The average Bonchev–Trinajstić information content (AvgIpc) is 2.88. The zero-order valence-corrected chi connectivity index (χ0v) is 19.9. The summed E-state index contributed by atoms with van der Waals surface area (Å²) in [6, 6.07) is 9.40. The first-order chi connectivity index (χ1) is 16.5. The Kier molecular flexibility index (Phi) is 9.10. The van der Waals surface area contributed by atoms with Crippen molar-refractivity contribution in [2.75, 3.05) is 26.4 Å². The molecule has 1 heterocycles. The van der Waals surface area contributed by atoms with E-state index < -0.39 is 23.7 Å². The first-order valence-corrected chi connectivity index (χ1v) is 11.7. The number of allylic oxidation sites excluding steroid dienone is 2. The van der Waals surface area contributed by atoms with Crippen molar-refractivity contribution in [1.82, 2.24) is 4.98 Å². The summed E-state index contributed by atoms with van der Waals surface area (Å²) in [5, 5.41) is 0.902. The third-order valence-corrected chi connectivity index (χ3v) is 5.69. The van der Waals surface area contributed by atoms with Crippen molar-refractivity contribution in [3.63, 3.8) is 0 Å². The second-order valence-electron chi connectivity index (χ2n) is 8.09. The fraction of sp³-hybridized carbons (Fsp3) is 0.407. The van der Waals surface area contributed by atoms with Gasteiger partial charge in [-0.3, -0.25) is 4.79 Å². The molecule has 1 aliphatic carbocycles. The fourth-order valence-electron chi connectivity index (χ4n) is 3.81. The summed E-state index contributed by atoms with van der Waals surface area (Å²) in [5.74, 6) is -1.98. The van der Waals surface area contributed by atoms with Crippen molar-refractivity contribution < 1.29 is 28.6 Å². The molecule has 34 heavy (non-hydrogen) atoms. The molecule has 3 unspecified atom stereocenters. The molecule has 0 saturated heterocycles. The van der Waals surface area contributed by atoms with Crippen LogP contribution in [-0.4, -0.2) is 49.5 Å². The number of aromatic nitrogens is 1. The second kappa shape index (κ2) is 12.2. The van der Waals surface area contributed by atoms with Gasteiger partial charge in [-0.2, -0.15) is 0 Å². The SMILES string of the molecule is CCCOC(=O)C1=CC(C=O)C(C(=O)C(C)c2ccc3cccc(OCCOCC)c3n2)C=C1. The Bertz CT molecular complexity index is 1090. The molecule has 0 radical (unpaired) electrons. The molecule has 0 amide bonds. The Morgan fingerprint density at radius 1 is 1.12 bits per heavy atom. The Morgan fingerprint density at radius 2 is 1.94 bits per heavy atom. The maximum absolute atomic E-state index is 13.3. The largest absolute Gasteiger partial charge is 0.489 e. The minimum atomic E-state index is -0.734. The lowest BCUT2D eigenvalue weighted by molar-refractivity contribution is -0.138. The summed E-state index contributed by atoms with van der Waals surface area (Å²) in [6.07, 6.45) is 6.09. The molecule has 0 spiro atoms. The highest BCUT2D eigenvalue weighted by Gasteiger charge is 2.32. The molecular formula is C27H31NO6. The van der Waals surface area contributed by atoms with Crippen molar-refractivity contribution >= 4 is 28.9 Å². The summed E-state index contributed by atoms with van der Waals surface area (Å²) in [4.78, 5) is 42.0. The number of para-hydroxylation sites is 1. The molecule has 1 aromatic carbocycles. The van der Waals surface area contributed by atoms with Crippen molar-refractivity contribution in [3.05, 3.63) is 59.8 Å².